The first-order valence-corrected chi connectivity index (χ1v) is 10.5. The average molecular weight is 383 g/mol. The highest BCUT2D eigenvalue weighted by Crippen LogP contribution is 2.23. The Balaban J connectivity index is 1.51. The lowest BCUT2D eigenvalue weighted by Gasteiger charge is -2.33. The van der Waals surface area contributed by atoms with Crippen molar-refractivity contribution in [2.45, 2.75) is 57.4 Å². The SMILES string of the molecule is Cn1c(=O)c(N2CCC[C@H](C(=O)NC3CCCCCC3)C2)nc2cccnc21. The van der Waals surface area contributed by atoms with Gasteiger partial charge in [0.15, 0.2) is 11.5 Å². The lowest BCUT2D eigenvalue weighted by Crippen LogP contribution is -2.47. The van der Waals surface area contributed by atoms with Crippen molar-refractivity contribution in [2.75, 3.05) is 18.0 Å². The van der Waals surface area contributed by atoms with E-state index in [2.05, 4.69) is 15.3 Å². The van der Waals surface area contributed by atoms with Crippen molar-refractivity contribution in [1.29, 1.82) is 0 Å². The van der Waals surface area contributed by atoms with Gasteiger partial charge in [0.1, 0.15) is 5.52 Å². The predicted octanol–water partition coefficient (Wildman–Crippen LogP) is 2.38. The molecule has 28 heavy (non-hydrogen) atoms. The van der Waals surface area contributed by atoms with Gasteiger partial charge in [-0.1, -0.05) is 25.7 Å². The summed E-state index contributed by atoms with van der Waals surface area (Å²) in [6.07, 6.45) is 10.5. The number of nitrogens with one attached hydrogen (secondary N) is 1. The highest BCUT2D eigenvalue weighted by atomic mass is 16.2. The van der Waals surface area contributed by atoms with Crippen molar-refractivity contribution in [3.05, 3.63) is 28.7 Å². The van der Waals surface area contributed by atoms with Crippen LogP contribution in [0.4, 0.5) is 5.82 Å². The van der Waals surface area contributed by atoms with E-state index in [0.717, 1.165) is 32.2 Å². The highest BCUT2D eigenvalue weighted by molar-refractivity contribution is 5.80. The zero-order valence-electron chi connectivity index (χ0n) is 16.6. The van der Waals surface area contributed by atoms with Gasteiger partial charge in [0.2, 0.25) is 5.91 Å². The van der Waals surface area contributed by atoms with E-state index in [9.17, 15) is 9.59 Å². The van der Waals surface area contributed by atoms with Crippen LogP contribution in [0.3, 0.4) is 0 Å². The van der Waals surface area contributed by atoms with Crippen LogP contribution in [-0.4, -0.2) is 39.6 Å². The largest absolute Gasteiger partial charge is 0.353 e. The van der Waals surface area contributed by atoms with Crippen molar-refractivity contribution in [2.24, 2.45) is 13.0 Å². The van der Waals surface area contributed by atoms with Gasteiger partial charge in [-0.25, -0.2) is 9.97 Å². The van der Waals surface area contributed by atoms with E-state index < -0.39 is 0 Å². The lowest BCUT2D eigenvalue weighted by molar-refractivity contribution is -0.126. The zero-order chi connectivity index (χ0) is 19.5. The third-order valence-corrected chi connectivity index (χ3v) is 6.10. The maximum atomic E-state index is 12.9. The summed E-state index contributed by atoms with van der Waals surface area (Å²) >= 11 is 0. The van der Waals surface area contributed by atoms with Crippen LogP contribution in [-0.2, 0) is 11.8 Å². The highest BCUT2D eigenvalue weighted by Gasteiger charge is 2.29. The number of carbonyl (C=O) groups excluding carboxylic acids is 1. The average Bonchev–Trinajstić information content (AvgIpc) is 2.99. The van der Waals surface area contributed by atoms with Gasteiger partial charge in [0, 0.05) is 32.4 Å². The molecule has 1 atom stereocenters. The van der Waals surface area contributed by atoms with Crippen LogP contribution >= 0.6 is 0 Å². The number of fused-ring (bicyclic) bond motifs is 1. The molecule has 0 bridgehead atoms. The minimum absolute atomic E-state index is 0.0897. The van der Waals surface area contributed by atoms with E-state index >= 15 is 0 Å². The van der Waals surface area contributed by atoms with Gasteiger partial charge in [0.05, 0.1) is 5.92 Å². The second kappa shape index (κ2) is 8.29. The summed E-state index contributed by atoms with van der Waals surface area (Å²) in [5, 5.41) is 3.28. The standard InChI is InChI=1S/C21H29N5O2/c1-25-18-17(11-6-12-22-18)24-19(21(25)28)26-13-7-8-15(14-26)20(27)23-16-9-4-2-3-5-10-16/h6,11-12,15-16H,2-5,7-10,13-14H2,1H3,(H,23,27)/t15-/m0/s1. The molecule has 1 aliphatic carbocycles. The fourth-order valence-electron chi connectivity index (χ4n) is 4.47. The summed E-state index contributed by atoms with van der Waals surface area (Å²) in [6.45, 7) is 1.30. The molecule has 1 saturated heterocycles. The van der Waals surface area contributed by atoms with Crippen LogP contribution in [0, 0.1) is 5.92 Å². The minimum Gasteiger partial charge on any atom is -0.353 e. The molecular formula is C21H29N5O2. The number of carbonyl (C=O) groups is 1. The second-order valence-corrected chi connectivity index (χ2v) is 8.13. The smallest absolute Gasteiger partial charge is 0.294 e. The molecule has 3 heterocycles. The fourth-order valence-corrected chi connectivity index (χ4v) is 4.47. The van der Waals surface area contributed by atoms with E-state index in [-0.39, 0.29) is 17.4 Å². The Morgan fingerprint density at radius 3 is 2.71 bits per heavy atom. The Hall–Kier alpha value is -2.44. The summed E-state index contributed by atoms with van der Waals surface area (Å²) in [6, 6.07) is 4.00. The summed E-state index contributed by atoms with van der Waals surface area (Å²) in [5.41, 5.74) is 1.12. The summed E-state index contributed by atoms with van der Waals surface area (Å²) < 4.78 is 1.55. The number of piperidine rings is 1. The number of rotatable bonds is 3. The first kappa shape index (κ1) is 18.9. The summed E-state index contributed by atoms with van der Waals surface area (Å²) in [4.78, 5) is 36.5. The van der Waals surface area contributed by atoms with E-state index in [0.29, 0.717) is 29.6 Å². The molecule has 2 fully saturated rings. The van der Waals surface area contributed by atoms with E-state index in [4.69, 9.17) is 0 Å². The Kier molecular flexibility index (Phi) is 5.59. The molecule has 2 aliphatic rings. The molecule has 150 valence electrons. The van der Waals surface area contributed by atoms with Crippen molar-refractivity contribution in [3.63, 3.8) is 0 Å². The molecular weight excluding hydrogens is 354 g/mol. The van der Waals surface area contributed by atoms with Gasteiger partial charge in [-0.2, -0.15) is 0 Å². The first-order valence-electron chi connectivity index (χ1n) is 10.5. The Morgan fingerprint density at radius 1 is 1.14 bits per heavy atom. The van der Waals surface area contributed by atoms with Crippen molar-refractivity contribution < 1.29 is 4.79 Å². The van der Waals surface area contributed by atoms with Gasteiger partial charge >= 0.3 is 0 Å². The molecule has 0 aromatic carbocycles. The van der Waals surface area contributed by atoms with Gasteiger partial charge in [-0.05, 0) is 37.8 Å². The van der Waals surface area contributed by atoms with Gasteiger partial charge in [-0.15, -0.1) is 0 Å². The quantitative estimate of drug-likeness (QED) is 0.823. The van der Waals surface area contributed by atoms with Crippen LogP contribution in [0.2, 0.25) is 0 Å². The van der Waals surface area contributed by atoms with Crippen molar-refractivity contribution in [1.82, 2.24) is 19.9 Å². The number of aryl methyl sites for hydroxylation is 1. The molecule has 2 aromatic rings. The molecule has 4 rings (SSSR count). The number of amides is 1. The van der Waals surface area contributed by atoms with E-state index in [1.54, 1.807) is 17.8 Å². The van der Waals surface area contributed by atoms with Crippen LogP contribution < -0.4 is 15.8 Å². The monoisotopic (exact) mass is 383 g/mol. The molecule has 0 unspecified atom stereocenters. The molecule has 1 amide bonds. The molecule has 7 nitrogen and oxygen atoms in total. The third kappa shape index (κ3) is 3.88. The van der Waals surface area contributed by atoms with Gasteiger partial charge in [-0.3, -0.25) is 14.2 Å². The van der Waals surface area contributed by atoms with Crippen LogP contribution in [0.25, 0.3) is 11.2 Å². The molecule has 1 saturated carbocycles. The van der Waals surface area contributed by atoms with Crippen molar-refractivity contribution in [3.8, 4) is 0 Å². The van der Waals surface area contributed by atoms with Crippen molar-refractivity contribution >= 4 is 22.9 Å². The molecule has 0 radical (unpaired) electrons. The second-order valence-electron chi connectivity index (χ2n) is 8.13. The number of hydrogen-bond donors (Lipinski definition) is 1. The number of nitrogens with zero attached hydrogens (tertiary/aromatic N) is 4. The van der Waals surface area contributed by atoms with Crippen LogP contribution in [0.1, 0.15) is 51.4 Å². The van der Waals surface area contributed by atoms with Crippen LogP contribution in [0.15, 0.2) is 23.1 Å². The normalized spacial score (nSPS) is 21.5. The van der Waals surface area contributed by atoms with Gasteiger partial charge in [0.25, 0.3) is 5.56 Å². The summed E-state index contributed by atoms with van der Waals surface area (Å²) in [5.74, 6) is 0.471. The van der Waals surface area contributed by atoms with Gasteiger partial charge < -0.3 is 10.2 Å². The number of aromatic nitrogens is 3. The number of pyridine rings is 1. The Labute approximate surface area is 165 Å². The topological polar surface area (TPSA) is 80.1 Å². The molecule has 2 aromatic heterocycles. The molecule has 7 heteroatoms. The maximum Gasteiger partial charge on any atom is 0.294 e. The van der Waals surface area contributed by atoms with Crippen LogP contribution in [0.5, 0.6) is 0 Å². The fraction of sp³-hybridized carbons (Fsp3) is 0.619. The first-order chi connectivity index (χ1) is 13.6. The molecule has 1 aliphatic heterocycles. The summed E-state index contributed by atoms with van der Waals surface area (Å²) in [7, 11) is 1.73. The predicted molar refractivity (Wildman–Crippen MR) is 109 cm³/mol. The van der Waals surface area contributed by atoms with E-state index in [1.165, 1.54) is 25.7 Å². The minimum atomic E-state index is -0.156. The number of hydrogen-bond acceptors (Lipinski definition) is 5. The molecule has 0 spiro atoms. The number of anilines is 1. The molecule has 1 N–H and O–H groups in total. The van der Waals surface area contributed by atoms with E-state index in [1.807, 2.05) is 17.0 Å². The lowest BCUT2D eigenvalue weighted by atomic mass is 9.96. The maximum absolute atomic E-state index is 12.9. The third-order valence-electron chi connectivity index (χ3n) is 6.10. The Bertz CT molecular complexity index is 901. The Morgan fingerprint density at radius 2 is 1.93 bits per heavy atom. The zero-order valence-corrected chi connectivity index (χ0v) is 16.6.